The zero-order valence-electron chi connectivity index (χ0n) is 16.3. The molecule has 0 N–H and O–H groups in total. The number of hydrogen-bond donors (Lipinski definition) is 0. The predicted octanol–water partition coefficient (Wildman–Crippen LogP) is 3.86. The summed E-state index contributed by atoms with van der Waals surface area (Å²) < 4.78 is 11.5. The Bertz CT molecular complexity index is 703. The highest BCUT2D eigenvalue weighted by Crippen LogP contribution is 2.31. The van der Waals surface area contributed by atoms with E-state index >= 15 is 0 Å². The second kappa shape index (κ2) is 9.35. The average molecular weight is 380 g/mol. The number of nitrogens with zero attached hydrogens (tertiary/aromatic N) is 1. The lowest BCUT2D eigenvalue weighted by atomic mass is 9.86. The van der Waals surface area contributed by atoms with Gasteiger partial charge in [0.05, 0.1) is 12.7 Å². The fraction of sp³-hybridized carbons (Fsp3) is 0.458. The maximum atomic E-state index is 12.9. The monoisotopic (exact) mass is 379 g/mol. The Balaban J connectivity index is 1.46. The van der Waals surface area contributed by atoms with Crippen LogP contribution in [-0.2, 0) is 14.3 Å². The minimum atomic E-state index is 0.0583. The molecule has 2 heterocycles. The Morgan fingerprint density at radius 3 is 2.14 bits per heavy atom. The van der Waals surface area contributed by atoms with Crippen LogP contribution in [-0.4, -0.2) is 49.8 Å². The molecule has 0 aromatic heterocycles. The molecule has 28 heavy (non-hydrogen) atoms. The van der Waals surface area contributed by atoms with Crippen LogP contribution in [0.3, 0.4) is 0 Å². The smallest absolute Gasteiger partial charge is 0.226 e. The summed E-state index contributed by atoms with van der Waals surface area (Å²) in [4.78, 5) is 15.0. The minimum absolute atomic E-state index is 0.0583. The third-order valence-electron chi connectivity index (χ3n) is 5.92. The Morgan fingerprint density at radius 2 is 1.54 bits per heavy atom. The molecular formula is C24H29NO3. The van der Waals surface area contributed by atoms with Crippen molar-refractivity contribution in [2.75, 3.05) is 32.9 Å². The predicted molar refractivity (Wildman–Crippen MR) is 109 cm³/mol. The number of carbonyl (C=O) groups excluding carboxylic acids is 1. The first-order valence-electron chi connectivity index (χ1n) is 10.4. The molecule has 0 saturated carbocycles. The zero-order valence-corrected chi connectivity index (χ0v) is 16.3. The molecule has 148 valence electrons. The molecule has 0 unspecified atom stereocenters. The van der Waals surface area contributed by atoms with Crippen LogP contribution < -0.4 is 0 Å². The second-order valence-corrected chi connectivity index (χ2v) is 7.77. The molecule has 2 fully saturated rings. The first-order valence-corrected chi connectivity index (χ1v) is 10.4. The standard InChI is InChI=1S/C24H29NO3/c26-24(21-11-14-27-15-12-21)25-13-16-28-22(18-25)17-23(19-7-3-1-4-8-19)20-9-5-2-6-10-20/h1-10,21-23H,11-18H2/t22-/m1/s1. The van der Waals surface area contributed by atoms with Gasteiger partial charge in [0.25, 0.3) is 0 Å². The van der Waals surface area contributed by atoms with Gasteiger partial charge >= 0.3 is 0 Å². The number of hydrogen-bond acceptors (Lipinski definition) is 3. The molecule has 0 bridgehead atoms. The van der Waals surface area contributed by atoms with E-state index in [4.69, 9.17) is 9.47 Å². The molecular weight excluding hydrogens is 350 g/mol. The van der Waals surface area contributed by atoms with Gasteiger partial charge in [-0.15, -0.1) is 0 Å². The van der Waals surface area contributed by atoms with Gasteiger partial charge in [-0.25, -0.2) is 0 Å². The molecule has 2 aliphatic heterocycles. The fourth-order valence-corrected chi connectivity index (χ4v) is 4.36. The van der Waals surface area contributed by atoms with Gasteiger partial charge in [-0.05, 0) is 30.4 Å². The van der Waals surface area contributed by atoms with E-state index < -0.39 is 0 Å². The molecule has 1 amide bonds. The van der Waals surface area contributed by atoms with Crippen molar-refractivity contribution in [3.63, 3.8) is 0 Å². The van der Waals surface area contributed by atoms with Gasteiger partial charge in [-0.3, -0.25) is 4.79 Å². The maximum Gasteiger partial charge on any atom is 0.226 e. The number of ether oxygens (including phenoxy) is 2. The highest BCUT2D eigenvalue weighted by molar-refractivity contribution is 5.79. The van der Waals surface area contributed by atoms with Crippen LogP contribution in [0.25, 0.3) is 0 Å². The van der Waals surface area contributed by atoms with Crippen LogP contribution in [0.2, 0.25) is 0 Å². The highest BCUT2D eigenvalue weighted by Gasteiger charge is 2.32. The molecule has 1 atom stereocenters. The van der Waals surface area contributed by atoms with Crippen molar-refractivity contribution < 1.29 is 14.3 Å². The van der Waals surface area contributed by atoms with Crippen LogP contribution >= 0.6 is 0 Å². The van der Waals surface area contributed by atoms with Gasteiger partial charge in [0.15, 0.2) is 0 Å². The zero-order chi connectivity index (χ0) is 19.2. The number of morpholine rings is 1. The Hall–Kier alpha value is -2.17. The van der Waals surface area contributed by atoms with Crippen molar-refractivity contribution in [2.24, 2.45) is 5.92 Å². The number of carbonyl (C=O) groups is 1. The number of amides is 1. The first-order chi connectivity index (χ1) is 13.8. The van der Waals surface area contributed by atoms with Gasteiger partial charge in [0, 0.05) is 38.1 Å². The van der Waals surface area contributed by atoms with Crippen molar-refractivity contribution in [3.05, 3.63) is 71.8 Å². The van der Waals surface area contributed by atoms with Crippen LogP contribution in [0.15, 0.2) is 60.7 Å². The topological polar surface area (TPSA) is 38.8 Å². The summed E-state index contributed by atoms with van der Waals surface area (Å²) in [5.41, 5.74) is 2.59. The quantitative estimate of drug-likeness (QED) is 0.792. The van der Waals surface area contributed by atoms with Gasteiger partial charge in [0.1, 0.15) is 0 Å². The average Bonchev–Trinajstić information content (AvgIpc) is 2.79. The SMILES string of the molecule is O=C(C1CCOCC1)N1CCO[C@H](CC(c2ccccc2)c2ccccc2)C1. The molecule has 2 aliphatic rings. The van der Waals surface area contributed by atoms with Gasteiger partial charge in [0.2, 0.25) is 5.91 Å². The summed E-state index contributed by atoms with van der Waals surface area (Å²) in [5, 5.41) is 0. The van der Waals surface area contributed by atoms with E-state index in [0.29, 0.717) is 32.9 Å². The van der Waals surface area contributed by atoms with Crippen LogP contribution in [0.1, 0.15) is 36.3 Å². The van der Waals surface area contributed by atoms with E-state index in [2.05, 4.69) is 60.7 Å². The summed E-state index contributed by atoms with van der Waals surface area (Å²) in [6.45, 7) is 3.42. The molecule has 4 nitrogen and oxygen atoms in total. The summed E-state index contributed by atoms with van der Waals surface area (Å²) in [6.07, 6.45) is 2.63. The lowest BCUT2D eigenvalue weighted by Crippen LogP contribution is -2.48. The van der Waals surface area contributed by atoms with Crippen molar-refractivity contribution >= 4 is 5.91 Å². The molecule has 0 radical (unpaired) electrons. The van der Waals surface area contributed by atoms with Crippen molar-refractivity contribution in [1.29, 1.82) is 0 Å². The van der Waals surface area contributed by atoms with Gasteiger partial charge in [-0.2, -0.15) is 0 Å². The van der Waals surface area contributed by atoms with E-state index in [1.54, 1.807) is 0 Å². The fourth-order valence-electron chi connectivity index (χ4n) is 4.36. The van der Waals surface area contributed by atoms with E-state index in [1.807, 2.05) is 4.90 Å². The maximum absolute atomic E-state index is 12.9. The summed E-state index contributed by atoms with van der Waals surface area (Å²) in [5.74, 6) is 0.671. The lowest BCUT2D eigenvalue weighted by Gasteiger charge is -2.37. The minimum Gasteiger partial charge on any atom is -0.381 e. The molecule has 2 aromatic carbocycles. The molecule has 0 aliphatic carbocycles. The number of benzene rings is 2. The molecule has 4 heteroatoms. The first kappa shape index (κ1) is 19.2. The molecule has 4 rings (SSSR count). The number of rotatable bonds is 5. The van der Waals surface area contributed by atoms with Crippen molar-refractivity contribution in [2.45, 2.75) is 31.3 Å². The molecule has 0 spiro atoms. The van der Waals surface area contributed by atoms with Crippen LogP contribution in [0.5, 0.6) is 0 Å². The normalized spacial score (nSPS) is 21.0. The summed E-state index contributed by atoms with van der Waals surface area (Å²) >= 11 is 0. The van der Waals surface area contributed by atoms with Crippen molar-refractivity contribution in [1.82, 2.24) is 4.90 Å². The van der Waals surface area contributed by atoms with E-state index in [-0.39, 0.29) is 23.8 Å². The van der Waals surface area contributed by atoms with Crippen molar-refractivity contribution in [3.8, 4) is 0 Å². The van der Waals surface area contributed by atoms with Crippen LogP contribution in [0, 0.1) is 5.92 Å². The van der Waals surface area contributed by atoms with Crippen LogP contribution in [0.4, 0.5) is 0 Å². The molecule has 2 saturated heterocycles. The molecule has 2 aromatic rings. The highest BCUT2D eigenvalue weighted by atomic mass is 16.5. The Labute approximate surface area is 167 Å². The lowest BCUT2D eigenvalue weighted by molar-refractivity contribution is -0.146. The summed E-state index contributed by atoms with van der Waals surface area (Å²) in [7, 11) is 0. The van der Waals surface area contributed by atoms with E-state index in [0.717, 1.165) is 19.3 Å². The Kier molecular flexibility index (Phi) is 6.40. The van der Waals surface area contributed by atoms with Gasteiger partial charge < -0.3 is 14.4 Å². The summed E-state index contributed by atoms with van der Waals surface area (Å²) in [6, 6.07) is 21.2. The van der Waals surface area contributed by atoms with E-state index in [1.165, 1.54) is 11.1 Å². The Morgan fingerprint density at radius 1 is 0.929 bits per heavy atom. The van der Waals surface area contributed by atoms with Gasteiger partial charge in [-0.1, -0.05) is 60.7 Å². The van der Waals surface area contributed by atoms with E-state index in [9.17, 15) is 4.79 Å². The second-order valence-electron chi connectivity index (χ2n) is 7.77. The third kappa shape index (κ3) is 4.62. The third-order valence-corrected chi connectivity index (χ3v) is 5.92. The largest absolute Gasteiger partial charge is 0.381 e.